The molecule has 0 unspecified atom stereocenters. The third-order valence-electron chi connectivity index (χ3n) is 4.86. The molecule has 2 amide bonds. The molecule has 0 radical (unpaired) electrons. The van der Waals surface area contributed by atoms with Crippen molar-refractivity contribution in [2.75, 3.05) is 5.32 Å². The molecular formula is C18H24N4O2S2. The molecule has 1 aliphatic rings. The van der Waals surface area contributed by atoms with Gasteiger partial charge in [0.15, 0.2) is 5.16 Å². The van der Waals surface area contributed by atoms with E-state index in [0.717, 1.165) is 10.9 Å². The van der Waals surface area contributed by atoms with Gasteiger partial charge >= 0.3 is 0 Å². The number of anilines is 1. The van der Waals surface area contributed by atoms with Gasteiger partial charge in [0, 0.05) is 11.7 Å². The Labute approximate surface area is 161 Å². The molecule has 3 rings (SSSR count). The summed E-state index contributed by atoms with van der Waals surface area (Å²) < 4.78 is 2.30. The molecule has 2 aromatic heterocycles. The van der Waals surface area contributed by atoms with Gasteiger partial charge in [-0.25, -0.2) is 4.98 Å². The molecule has 0 bridgehead atoms. The molecule has 1 saturated carbocycles. The lowest BCUT2D eigenvalue weighted by Gasteiger charge is -2.18. The van der Waals surface area contributed by atoms with Gasteiger partial charge in [-0.15, -0.1) is 11.3 Å². The first kappa shape index (κ1) is 19.0. The van der Waals surface area contributed by atoms with Gasteiger partial charge in [0.1, 0.15) is 5.00 Å². The van der Waals surface area contributed by atoms with Crippen LogP contribution in [0.5, 0.6) is 0 Å². The number of hydrogen-bond acceptors (Lipinski definition) is 5. The van der Waals surface area contributed by atoms with Crippen molar-refractivity contribution in [1.29, 1.82) is 0 Å². The number of carbonyl (C=O) groups excluding carboxylic acids is 2. The molecule has 1 fully saturated rings. The summed E-state index contributed by atoms with van der Waals surface area (Å²) in [5.41, 5.74) is 7.89. The zero-order valence-corrected chi connectivity index (χ0v) is 16.9. The van der Waals surface area contributed by atoms with Gasteiger partial charge in [-0.2, -0.15) is 0 Å². The first-order valence-electron chi connectivity index (χ1n) is 8.78. The van der Waals surface area contributed by atoms with E-state index in [9.17, 15) is 9.59 Å². The number of aryl methyl sites for hydroxylation is 1. The Balaban J connectivity index is 1.74. The summed E-state index contributed by atoms with van der Waals surface area (Å²) in [5, 5.41) is 5.63. The number of amides is 2. The highest BCUT2D eigenvalue weighted by molar-refractivity contribution is 8.00. The molecule has 0 spiro atoms. The molecule has 8 heteroatoms. The summed E-state index contributed by atoms with van der Waals surface area (Å²) in [5.74, 6) is -0.693. The van der Waals surface area contributed by atoms with Gasteiger partial charge in [-0.1, -0.05) is 24.6 Å². The van der Waals surface area contributed by atoms with E-state index in [2.05, 4.69) is 16.8 Å². The topological polar surface area (TPSA) is 90.0 Å². The van der Waals surface area contributed by atoms with Crippen molar-refractivity contribution in [1.82, 2.24) is 9.55 Å². The second-order valence-electron chi connectivity index (χ2n) is 6.65. The molecule has 0 aromatic carbocycles. The number of thiophene rings is 1. The molecule has 3 N–H and O–H groups in total. The van der Waals surface area contributed by atoms with Crippen LogP contribution in [0.2, 0.25) is 0 Å². The number of nitrogens with two attached hydrogens (primary N) is 1. The second kappa shape index (κ2) is 7.84. The van der Waals surface area contributed by atoms with Gasteiger partial charge in [0.05, 0.1) is 16.5 Å². The highest BCUT2D eigenvalue weighted by atomic mass is 32.2. The molecule has 140 valence electrons. The van der Waals surface area contributed by atoms with E-state index < -0.39 is 5.91 Å². The fourth-order valence-electron chi connectivity index (χ4n) is 3.30. The minimum atomic E-state index is -0.537. The lowest BCUT2D eigenvalue weighted by atomic mass is 10.2. The monoisotopic (exact) mass is 392 g/mol. The normalized spacial score (nSPS) is 16.0. The van der Waals surface area contributed by atoms with E-state index in [1.54, 1.807) is 11.4 Å². The number of rotatable bonds is 6. The molecule has 2 aromatic rings. The number of nitrogens with zero attached hydrogens (tertiary/aromatic N) is 2. The van der Waals surface area contributed by atoms with Crippen LogP contribution in [0.4, 0.5) is 5.00 Å². The molecule has 2 heterocycles. The molecule has 6 nitrogen and oxygen atoms in total. The van der Waals surface area contributed by atoms with Crippen LogP contribution in [0.1, 0.15) is 60.4 Å². The minimum absolute atomic E-state index is 0.156. The number of hydrogen-bond donors (Lipinski definition) is 2. The van der Waals surface area contributed by atoms with E-state index in [1.165, 1.54) is 54.5 Å². The Morgan fingerprint density at radius 2 is 2.08 bits per heavy atom. The first-order chi connectivity index (χ1) is 12.4. The van der Waals surface area contributed by atoms with Crippen LogP contribution in [0.15, 0.2) is 16.6 Å². The standard InChI is InChI=1S/C18H24N4O2S2/c1-10-11(2)22(13-6-4-5-7-13)18(20-10)26-12(3)16(24)21-17-14(15(19)23)8-9-25-17/h8-9,12-13H,4-7H2,1-3H3,(H2,19,23)(H,21,24)/t12-/m0/s1. The van der Waals surface area contributed by atoms with Crippen LogP contribution in [0, 0.1) is 13.8 Å². The lowest BCUT2D eigenvalue weighted by molar-refractivity contribution is -0.115. The number of nitrogens with one attached hydrogen (secondary N) is 1. The maximum atomic E-state index is 12.6. The third-order valence-corrected chi connectivity index (χ3v) is 6.76. The fraction of sp³-hybridized carbons (Fsp3) is 0.500. The first-order valence-corrected chi connectivity index (χ1v) is 10.5. The average Bonchev–Trinajstić information content (AvgIpc) is 3.30. The second-order valence-corrected chi connectivity index (χ2v) is 8.87. The number of aromatic nitrogens is 2. The lowest BCUT2D eigenvalue weighted by Crippen LogP contribution is -2.24. The Morgan fingerprint density at radius 1 is 1.38 bits per heavy atom. The van der Waals surface area contributed by atoms with E-state index >= 15 is 0 Å². The van der Waals surface area contributed by atoms with Crippen LogP contribution >= 0.6 is 23.1 Å². The van der Waals surface area contributed by atoms with Gasteiger partial charge in [0.2, 0.25) is 5.91 Å². The van der Waals surface area contributed by atoms with Gasteiger partial charge in [0.25, 0.3) is 5.91 Å². The van der Waals surface area contributed by atoms with Crippen molar-refractivity contribution in [3.05, 3.63) is 28.4 Å². The summed E-state index contributed by atoms with van der Waals surface area (Å²) >= 11 is 2.76. The van der Waals surface area contributed by atoms with Crippen LogP contribution in [0.3, 0.4) is 0 Å². The molecule has 1 atom stereocenters. The smallest absolute Gasteiger partial charge is 0.251 e. The van der Waals surface area contributed by atoms with Crippen molar-refractivity contribution in [2.45, 2.75) is 62.9 Å². The Kier molecular flexibility index (Phi) is 5.72. The van der Waals surface area contributed by atoms with E-state index in [-0.39, 0.29) is 11.2 Å². The fourth-order valence-corrected chi connectivity index (χ4v) is 5.16. The molecule has 26 heavy (non-hydrogen) atoms. The molecular weight excluding hydrogens is 368 g/mol. The summed E-state index contributed by atoms with van der Waals surface area (Å²) in [6.07, 6.45) is 4.83. The van der Waals surface area contributed by atoms with Crippen LogP contribution in [-0.4, -0.2) is 26.6 Å². The summed E-state index contributed by atoms with van der Waals surface area (Å²) in [4.78, 5) is 28.7. The minimum Gasteiger partial charge on any atom is -0.366 e. The predicted molar refractivity (Wildman–Crippen MR) is 106 cm³/mol. The Bertz CT molecular complexity index is 821. The summed E-state index contributed by atoms with van der Waals surface area (Å²) in [6, 6.07) is 2.10. The zero-order chi connectivity index (χ0) is 18.8. The van der Waals surface area contributed by atoms with Crippen LogP contribution in [0.25, 0.3) is 0 Å². The van der Waals surface area contributed by atoms with Gasteiger partial charge < -0.3 is 15.6 Å². The van der Waals surface area contributed by atoms with Crippen LogP contribution < -0.4 is 11.1 Å². The van der Waals surface area contributed by atoms with Crippen molar-refractivity contribution in [3.8, 4) is 0 Å². The summed E-state index contributed by atoms with van der Waals surface area (Å²) in [7, 11) is 0. The largest absolute Gasteiger partial charge is 0.366 e. The number of carbonyl (C=O) groups is 2. The molecule has 1 aliphatic carbocycles. The van der Waals surface area contributed by atoms with Crippen molar-refractivity contribution < 1.29 is 9.59 Å². The van der Waals surface area contributed by atoms with E-state index in [0.29, 0.717) is 16.6 Å². The SMILES string of the molecule is Cc1nc(S[C@@H](C)C(=O)Nc2sccc2C(N)=O)n(C2CCCC2)c1C. The maximum Gasteiger partial charge on any atom is 0.251 e. The number of imidazole rings is 1. The van der Waals surface area contributed by atoms with Crippen LogP contribution in [-0.2, 0) is 4.79 Å². The number of thioether (sulfide) groups is 1. The van der Waals surface area contributed by atoms with Crippen molar-refractivity contribution >= 4 is 39.9 Å². The maximum absolute atomic E-state index is 12.6. The Morgan fingerprint density at radius 3 is 2.73 bits per heavy atom. The summed E-state index contributed by atoms with van der Waals surface area (Å²) in [6.45, 7) is 5.97. The molecule has 0 saturated heterocycles. The average molecular weight is 393 g/mol. The van der Waals surface area contributed by atoms with E-state index in [1.807, 2.05) is 13.8 Å². The van der Waals surface area contributed by atoms with E-state index in [4.69, 9.17) is 10.7 Å². The van der Waals surface area contributed by atoms with Gasteiger partial charge in [-0.3, -0.25) is 9.59 Å². The quantitative estimate of drug-likeness (QED) is 0.730. The molecule has 0 aliphatic heterocycles. The highest BCUT2D eigenvalue weighted by Gasteiger charge is 2.26. The van der Waals surface area contributed by atoms with Crippen molar-refractivity contribution in [3.63, 3.8) is 0 Å². The zero-order valence-electron chi connectivity index (χ0n) is 15.2. The Hall–Kier alpha value is -1.80. The van der Waals surface area contributed by atoms with Gasteiger partial charge in [-0.05, 0) is 45.1 Å². The predicted octanol–water partition coefficient (Wildman–Crippen LogP) is 3.89. The van der Waals surface area contributed by atoms with Crippen molar-refractivity contribution in [2.24, 2.45) is 5.73 Å². The third kappa shape index (κ3) is 3.81. The highest BCUT2D eigenvalue weighted by Crippen LogP contribution is 2.36. The number of primary amides is 1.